The highest BCUT2D eigenvalue weighted by molar-refractivity contribution is 5.77. The predicted molar refractivity (Wildman–Crippen MR) is 100 cm³/mol. The van der Waals surface area contributed by atoms with Gasteiger partial charge in [0.25, 0.3) is 0 Å². The van der Waals surface area contributed by atoms with Crippen LogP contribution in [0.15, 0.2) is 0 Å². The summed E-state index contributed by atoms with van der Waals surface area (Å²) < 4.78 is 6.20. The normalized spacial score (nSPS) is 31.4. The minimum atomic E-state index is -0.987. The highest BCUT2D eigenvalue weighted by Crippen LogP contribution is 2.31. The summed E-state index contributed by atoms with van der Waals surface area (Å²) in [6.45, 7) is 9.20. The van der Waals surface area contributed by atoms with Crippen molar-refractivity contribution in [2.45, 2.75) is 96.4 Å². The van der Waals surface area contributed by atoms with Crippen LogP contribution in [0.3, 0.4) is 0 Å². The van der Waals surface area contributed by atoms with Crippen molar-refractivity contribution in [3.8, 4) is 0 Å². The molecule has 0 radical (unpaired) electrons. The second kappa shape index (κ2) is 8.83. The number of hydrogen-bond acceptors (Lipinski definition) is 4. The number of rotatable bonds is 6. The van der Waals surface area contributed by atoms with Crippen LogP contribution in [0.4, 0.5) is 0 Å². The summed E-state index contributed by atoms with van der Waals surface area (Å²) in [6.07, 6.45) is 6.99. The van der Waals surface area contributed by atoms with Crippen LogP contribution in [-0.2, 0) is 9.53 Å². The molecular formula is C20H38N2O3. The molecule has 0 spiro atoms. The van der Waals surface area contributed by atoms with E-state index in [1.54, 1.807) is 13.8 Å². The van der Waals surface area contributed by atoms with E-state index in [1.165, 1.54) is 12.8 Å². The van der Waals surface area contributed by atoms with Gasteiger partial charge in [0.05, 0.1) is 30.8 Å². The molecule has 1 amide bonds. The van der Waals surface area contributed by atoms with Gasteiger partial charge in [0, 0.05) is 12.6 Å². The van der Waals surface area contributed by atoms with Crippen LogP contribution < -0.4 is 5.73 Å². The maximum atomic E-state index is 12.6. The zero-order chi connectivity index (χ0) is 18.6. The van der Waals surface area contributed by atoms with Crippen LogP contribution in [0.25, 0.3) is 0 Å². The fourth-order valence-electron chi connectivity index (χ4n) is 4.24. The predicted octanol–water partition coefficient (Wildman–Crippen LogP) is 2.70. The molecule has 25 heavy (non-hydrogen) atoms. The lowest BCUT2D eigenvalue weighted by molar-refractivity contribution is -0.142. The lowest BCUT2D eigenvalue weighted by Crippen LogP contribution is -2.57. The number of likely N-dealkylation sites (tertiary alicyclic amines) is 1. The number of carbonyl (C=O) groups is 1. The molecular weight excluding hydrogens is 316 g/mol. The van der Waals surface area contributed by atoms with Gasteiger partial charge in [0.15, 0.2) is 0 Å². The molecule has 3 N–H and O–H groups in total. The van der Waals surface area contributed by atoms with Gasteiger partial charge in [-0.1, -0.05) is 13.8 Å². The minimum absolute atomic E-state index is 0.0141. The smallest absolute Gasteiger partial charge is 0.225 e. The molecule has 1 heterocycles. The average molecular weight is 355 g/mol. The fourth-order valence-corrected chi connectivity index (χ4v) is 4.24. The van der Waals surface area contributed by atoms with Crippen molar-refractivity contribution < 1.29 is 14.6 Å². The number of nitrogens with two attached hydrogens (primary N) is 1. The number of hydrogen-bond donors (Lipinski definition) is 2. The Kier molecular flexibility index (Phi) is 7.29. The first-order chi connectivity index (χ1) is 11.7. The van der Waals surface area contributed by atoms with Crippen LogP contribution in [0.1, 0.15) is 72.6 Å². The van der Waals surface area contributed by atoms with Crippen molar-refractivity contribution in [3.63, 3.8) is 0 Å². The van der Waals surface area contributed by atoms with E-state index in [0.29, 0.717) is 12.7 Å². The van der Waals surface area contributed by atoms with Gasteiger partial charge >= 0.3 is 0 Å². The van der Waals surface area contributed by atoms with Crippen LogP contribution in [0, 0.1) is 11.8 Å². The minimum Gasteiger partial charge on any atom is -0.390 e. The Hall–Kier alpha value is -0.650. The fraction of sp³-hybridized carbons (Fsp3) is 0.950. The summed E-state index contributed by atoms with van der Waals surface area (Å²) in [4.78, 5) is 14.4. The molecule has 2 aliphatic rings. The molecule has 5 nitrogen and oxygen atoms in total. The number of amides is 1. The summed E-state index contributed by atoms with van der Waals surface area (Å²) >= 11 is 0. The van der Waals surface area contributed by atoms with Crippen LogP contribution in [-0.4, -0.2) is 52.9 Å². The number of carbonyl (C=O) groups excluding carboxylic acids is 1. The van der Waals surface area contributed by atoms with Gasteiger partial charge in [0.1, 0.15) is 0 Å². The van der Waals surface area contributed by atoms with E-state index in [9.17, 15) is 9.90 Å². The van der Waals surface area contributed by atoms with Crippen molar-refractivity contribution in [1.82, 2.24) is 4.90 Å². The molecule has 2 atom stereocenters. The monoisotopic (exact) mass is 354 g/mol. The number of piperidine rings is 1. The zero-order valence-corrected chi connectivity index (χ0v) is 16.5. The molecule has 146 valence electrons. The highest BCUT2D eigenvalue weighted by atomic mass is 16.5. The maximum Gasteiger partial charge on any atom is 0.225 e. The third-order valence-corrected chi connectivity index (χ3v) is 5.90. The SMILES string of the molecule is CC(C)[C@H]1CC[C@@H](OC[C@H]2[C@@H](N)CCCN2C(=O)CC(C)(C)O)CC1. The molecule has 0 aromatic rings. The summed E-state index contributed by atoms with van der Waals surface area (Å²) in [5.74, 6) is 1.56. The van der Waals surface area contributed by atoms with Crippen molar-refractivity contribution in [3.05, 3.63) is 0 Å². The van der Waals surface area contributed by atoms with Crippen molar-refractivity contribution >= 4 is 5.91 Å². The Bertz CT molecular complexity index is 425. The molecule has 1 saturated carbocycles. The Balaban J connectivity index is 1.87. The quantitative estimate of drug-likeness (QED) is 0.769. The highest BCUT2D eigenvalue weighted by Gasteiger charge is 2.35. The van der Waals surface area contributed by atoms with E-state index in [2.05, 4.69) is 13.8 Å². The van der Waals surface area contributed by atoms with Gasteiger partial charge in [-0.3, -0.25) is 4.79 Å². The first kappa shape index (κ1) is 20.7. The molecule has 0 bridgehead atoms. The van der Waals surface area contributed by atoms with E-state index in [-0.39, 0.29) is 24.4 Å². The third kappa shape index (κ3) is 6.22. The number of aliphatic hydroxyl groups is 1. The number of ether oxygens (including phenoxy) is 1. The Morgan fingerprint density at radius 1 is 1.24 bits per heavy atom. The van der Waals surface area contributed by atoms with Crippen molar-refractivity contribution in [1.29, 1.82) is 0 Å². The first-order valence-electron chi connectivity index (χ1n) is 10.1. The van der Waals surface area contributed by atoms with Gasteiger partial charge < -0.3 is 20.5 Å². The zero-order valence-electron chi connectivity index (χ0n) is 16.5. The molecule has 0 aromatic carbocycles. The number of nitrogens with zero attached hydrogens (tertiary/aromatic N) is 1. The van der Waals surface area contributed by atoms with Gasteiger partial charge in [0.2, 0.25) is 5.91 Å². The van der Waals surface area contributed by atoms with Gasteiger partial charge in [-0.2, -0.15) is 0 Å². The van der Waals surface area contributed by atoms with Crippen molar-refractivity contribution in [2.24, 2.45) is 17.6 Å². The van der Waals surface area contributed by atoms with Gasteiger partial charge in [-0.15, -0.1) is 0 Å². The molecule has 2 fully saturated rings. The summed E-state index contributed by atoms with van der Waals surface area (Å²) in [7, 11) is 0. The van der Waals surface area contributed by atoms with E-state index in [1.807, 2.05) is 4.90 Å². The molecule has 0 aromatic heterocycles. The lowest BCUT2D eigenvalue weighted by Gasteiger charge is -2.41. The lowest BCUT2D eigenvalue weighted by atomic mass is 9.80. The second-order valence-electron chi connectivity index (χ2n) is 9.06. The van der Waals surface area contributed by atoms with Crippen LogP contribution in [0.5, 0.6) is 0 Å². The molecule has 1 aliphatic heterocycles. The molecule has 5 heteroatoms. The molecule has 1 aliphatic carbocycles. The van der Waals surface area contributed by atoms with E-state index in [0.717, 1.165) is 44.1 Å². The van der Waals surface area contributed by atoms with Gasteiger partial charge in [-0.05, 0) is 64.2 Å². The summed E-state index contributed by atoms with van der Waals surface area (Å²) in [5.41, 5.74) is 5.33. The third-order valence-electron chi connectivity index (χ3n) is 5.90. The van der Waals surface area contributed by atoms with Crippen LogP contribution in [0.2, 0.25) is 0 Å². The topological polar surface area (TPSA) is 75.8 Å². The first-order valence-corrected chi connectivity index (χ1v) is 10.1. The van der Waals surface area contributed by atoms with Crippen LogP contribution >= 0.6 is 0 Å². The van der Waals surface area contributed by atoms with E-state index in [4.69, 9.17) is 10.5 Å². The standard InChI is InChI=1S/C20H38N2O3/c1-14(2)15-7-9-16(10-8-15)25-13-18-17(21)6-5-11-22(18)19(23)12-20(3,4)24/h14-18,24H,5-13,21H2,1-4H3/t15-,16+,17-,18-/m0/s1. The molecule has 2 rings (SSSR count). The Morgan fingerprint density at radius 2 is 1.88 bits per heavy atom. The second-order valence-corrected chi connectivity index (χ2v) is 9.06. The van der Waals surface area contributed by atoms with E-state index >= 15 is 0 Å². The van der Waals surface area contributed by atoms with Crippen molar-refractivity contribution in [2.75, 3.05) is 13.2 Å². The largest absolute Gasteiger partial charge is 0.390 e. The molecule has 1 saturated heterocycles. The Morgan fingerprint density at radius 3 is 2.44 bits per heavy atom. The maximum absolute atomic E-state index is 12.6. The van der Waals surface area contributed by atoms with E-state index < -0.39 is 5.60 Å². The Labute approximate surface area is 153 Å². The average Bonchev–Trinajstić information content (AvgIpc) is 2.52. The summed E-state index contributed by atoms with van der Waals surface area (Å²) in [5, 5.41) is 9.96. The van der Waals surface area contributed by atoms with Gasteiger partial charge in [-0.25, -0.2) is 0 Å². The molecule has 0 unspecified atom stereocenters. The summed E-state index contributed by atoms with van der Waals surface area (Å²) in [6, 6.07) is -0.0991.